The van der Waals surface area contributed by atoms with Crippen LogP contribution >= 0.6 is 11.3 Å². The minimum atomic E-state index is -3.73. The number of nitrogens with zero attached hydrogens (tertiary/aromatic N) is 4. The topological polar surface area (TPSA) is 132 Å². The number of nitrogens with one attached hydrogen (secondary N) is 1. The summed E-state index contributed by atoms with van der Waals surface area (Å²) in [5.74, 6) is 0.462. The fraction of sp³-hybridized carbons (Fsp3) is 0.0526. The van der Waals surface area contributed by atoms with E-state index in [9.17, 15) is 8.42 Å². The highest BCUT2D eigenvalue weighted by Crippen LogP contribution is 2.39. The first kappa shape index (κ1) is 19.7. The maximum absolute atomic E-state index is 12.4. The summed E-state index contributed by atoms with van der Waals surface area (Å²) in [5, 5.41) is 11.2. The van der Waals surface area contributed by atoms with Gasteiger partial charge in [-0.05, 0) is 36.4 Å². The summed E-state index contributed by atoms with van der Waals surface area (Å²) in [6, 6.07) is 11.3. The molecule has 3 N–H and O–H groups in total. The predicted molar refractivity (Wildman–Crippen MR) is 116 cm³/mol. The van der Waals surface area contributed by atoms with Crippen molar-refractivity contribution >= 4 is 54.5 Å². The number of pyridine rings is 1. The number of ether oxygens (including phenoxy) is 1. The van der Waals surface area contributed by atoms with Gasteiger partial charge in [-0.15, -0.1) is 16.5 Å². The molecule has 9 nitrogen and oxygen atoms in total. The van der Waals surface area contributed by atoms with Crippen LogP contribution in [0.4, 0.5) is 22.2 Å². The lowest BCUT2D eigenvalue weighted by molar-refractivity contribution is 0.416. The quantitative estimate of drug-likeness (QED) is 0.335. The fourth-order valence-corrected chi connectivity index (χ4v) is 4.53. The molecule has 0 unspecified atom stereocenters. The zero-order chi connectivity index (χ0) is 21.1. The number of azo groups is 1. The van der Waals surface area contributed by atoms with Crippen LogP contribution in [0.1, 0.15) is 0 Å². The number of anilines is 2. The third-order valence-corrected chi connectivity index (χ3v) is 6.32. The summed E-state index contributed by atoms with van der Waals surface area (Å²) in [7, 11) is -2.21. The minimum absolute atomic E-state index is 0.0939. The molecule has 0 bridgehead atoms. The van der Waals surface area contributed by atoms with Gasteiger partial charge in [-0.1, -0.05) is 0 Å². The SMILES string of the molecule is COc1cc(N)c2ncccc2c1N=Nc1ccc(S(=O)(=O)Nc2nccs2)cc1. The summed E-state index contributed by atoms with van der Waals surface area (Å²) in [6.45, 7) is 0. The zero-order valence-electron chi connectivity index (χ0n) is 15.7. The van der Waals surface area contributed by atoms with Crippen molar-refractivity contribution < 1.29 is 13.2 Å². The van der Waals surface area contributed by atoms with E-state index in [-0.39, 0.29) is 4.90 Å². The summed E-state index contributed by atoms with van der Waals surface area (Å²) < 4.78 is 32.6. The molecule has 2 aromatic heterocycles. The summed E-state index contributed by atoms with van der Waals surface area (Å²) in [4.78, 5) is 8.30. The Bertz CT molecular complexity index is 1320. The van der Waals surface area contributed by atoms with Crippen molar-refractivity contribution in [2.45, 2.75) is 4.90 Å². The largest absolute Gasteiger partial charge is 0.494 e. The van der Waals surface area contributed by atoms with Crippen LogP contribution < -0.4 is 15.2 Å². The number of fused-ring (bicyclic) bond motifs is 1. The summed E-state index contributed by atoms with van der Waals surface area (Å²) >= 11 is 1.20. The van der Waals surface area contributed by atoms with Gasteiger partial charge in [-0.3, -0.25) is 9.71 Å². The molecule has 0 radical (unpaired) electrons. The van der Waals surface area contributed by atoms with E-state index in [0.29, 0.717) is 38.8 Å². The first-order valence-corrected chi connectivity index (χ1v) is 11.0. The average Bonchev–Trinajstić information content (AvgIpc) is 3.25. The second-order valence-electron chi connectivity index (χ2n) is 6.05. The molecule has 152 valence electrons. The van der Waals surface area contributed by atoms with E-state index in [1.807, 2.05) is 6.07 Å². The van der Waals surface area contributed by atoms with E-state index < -0.39 is 10.0 Å². The Kier molecular flexibility index (Phi) is 5.29. The van der Waals surface area contributed by atoms with Crippen LogP contribution in [0.2, 0.25) is 0 Å². The monoisotopic (exact) mass is 440 g/mol. The first-order chi connectivity index (χ1) is 14.5. The van der Waals surface area contributed by atoms with Gasteiger partial charge in [-0.2, -0.15) is 5.11 Å². The van der Waals surface area contributed by atoms with Crippen molar-refractivity contribution in [3.05, 3.63) is 60.2 Å². The molecule has 0 atom stereocenters. The van der Waals surface area contributed by atoms with E-state index >= 15 is 0 Å². The van der Waals surface area contributed by atoms with Gasteiger partial charge in [0.25, 0.3) is 10.0 Å². The Labute approximate surface area is 176 Å². The van der Waals surface area contributed by atoms with Gasteiger partial charge in [0.15, 0.2) is 5.13 Å². The Balaban J connectivity index is 1.63. The lowest BCUT2D eigenvalue weighted by Gasteiger charge is -2.09. The molecule has 0 saturated heterocycles. The normalized spacial score (nSPS) is 11.8. The van der Waals surface area contributed by atoms with Crippen molar-refractivity contribution in [2.75, 3.05) is 17.6 Å². The number of sulfonamides is 1. The number of rotatable bonds is 6. The maximum Gasteiger partial charge on any atom is 0.263 e. The molecule has 0 amide bonds. The van der Waals surface area contributed by atoms with E-state index in [0.717, 1.165) is 0 Å². The van der Waals surface area contributed by atoms with Crippen LogP contribution in [0.25, 0.3) is 10.9 Å². The molecular weight excluding hydrogens is 424 g/mol. The van der Waals surface area contributed by atoms with Crippen LogP contribution in [-0.4, -0.2) is 25.5 Å². The van der Waals surface area contributed by atoms with Crippen molar-refractivity contribution in [1.82, 2.24) is 9.97 Å². The molecule has 2 heterocycles. The van der Waals surface area contributed by atoms with E-state index in [1.54, 1.807) is 35.8 Å². The molecule has 0 spiro atoms. The van der Waals surface area contributed by atoms with Gasteiger partial charge in [0, 0.05) is 29.2 Å². The fourth-order valence-electron chi connectivity index (χ4n) is 2.74. The molecule has 30 heavy (non-hydrogen) atoms. The number of nitrogens with two attached hydrogens (primary N) is 1. The van der Waals surface area contributed by atoms with Crippen LogP contribution in [0.5, 0.6) is 5.75 Å². The van der Waals surface area contributed by atoms with Crippen molar-refractivity contribution in [3.8, 4) is 5.75 Å². The van der Waals surface area contributed by atoms with E-state index in [1.165, 1.54) is 36.8 Å². The third-order valence-electron chi connectivity index (χ3n) is 4.14. The molecule has 2 aromatic carbocycles. The Morgan fingerprint density at radius 1 is 1.10 bits per heavy atom. The van der Waals surface area contributed by atoms with Gasteiger partial charge < -0.3 is 10.5 Å². The van der Waals surface area contributed by atoms with E-state index in [4.69, 9.17) is 10.5 Å². The molecule has 0 saturated carbocycles. The number of hydrogen-bond acceptors (Lipinski definition) is 9. The summed E-state index contributed by atoms with van der Waals surface area (Å²) in [5.41, 5.74) is 8.06. The van der Waals surface area contributed by atoms with Gasteiger partial charge in [0.2, 0.25) is 0 Å². The molecular formula is C19H16N6O3S2. The molecule has 0 aliphatic heterocycles. The predicted octanol–water partition coefficient (Wildman–Crippen LogP) is 4.50. The van der Waals surface area contributed by atoms with Gasteiger partial charge in [-0.25, -0.2) is 13.4 Å². The third kappa shape index (κ3) is 3.93. The molecule has 0 aliphatic carbocycles. The highest BCUT2D eigenvalue weighted by atomic mass is 32.2. The second kappa shape index (κ2) is 8.05. The Morgan fingerprint density at radius 2 is 1.90 bits per heavy atom. The lowest BCUT2D eigenvalue weighted by Crippen LogP contribution is -2.12. The van der Waals surface area contributed by atoms with Gasteiger partial charge >= 0.3 is 0 Å². The van der Waals surface area contributed by atoms with E-state index in [2.05, 4.69) is 24.9 Å². The van der Waals surface area contributed by atoms with Gasteiger partial charge in [0.1, 0.15) is 11.4 Å². The van der Waals surface area contributed by atoms with Crippen molar-refractivity contribution in [3.63, 3.8) is 0 Å². The highest BCUT2D eigenvalue weighted by Gasteiger charge is 2.15. The van der Waals surface area contributed by atoms with Crippen molar-refractivity contribution in [2.24, 2.45) is 10.2 Å². The standard InChI is InChI=1S/C19H16N6O3S2/c1-28-16-11-15(20)17-14(3-2-8-21-17)18(16)24-23-12-4-6-13(7-5-12)30(26,27)25-19-22-9-10-29-19/h2-11H,20H2,1H3,(H,22,25). The molecule has 4 rings (SSSR count). The summed E-state index contributed by atoms with van der Waals surface area (Å²) in [6.07, 6.45) is 3.17. The van der Waals surface area contributed by atoms with Crippen LogP contribution in [0, 0.1) is 0 Å². The number of thiazole rings is 1. The number of benzene rings is 2. The minimum Gasteiger partial charge on any atom is -0.494 e. The molecule has 0 aliphatic rings. The Hall–Kier alpha value is -3.57. The molecule has 11 heteroatoms. The smallest absolute Gasteiger partial charge is 0.263 e. The first-order valence-electron chi connectivity index (χ1n) is 8.63. The van der Waals surface area contributed by atoms with Crippen LogP contribution in [0.15, 0.2) is 75.4 Å². The number of nitrogen functional groups attached to an aromatic ring is 1. The van der Waals surface area contributed by atoms with Crippen LogP contribution in [-0.2, 0) is 10.0 Å². The number of methoxy groups -OCH3 is 1. The second-order valence-corrected chi connectivity index (χ2v) is 8.63. The zero-order valence-corrected chi connectivity index (χ0v) is 17.3. The number of aromatic nitrogens is 2. The lowest BCUT2D eigenvalue weighted by atomic mass is 10.1. The van der Waals surface area contributed by atoms with Crippen molar-refractivity contribution in [1.29, 1.82) is 0 Å². The Morgan fingerprint density at radius 3 is 2.60 bits per heavy atom. The number of hydrogen-bond donors (Lipinski definition) is 2. The maximum atomic E-state index is 12.4. The average molecular weight is 441 g/mol. The van der Waals surface area contributed by atoms with Gasteiger partial charge in [0.05, 0.1) is 28.9 Å². The molecule has 4 aromatic rings. The highest BCUT2D eigenvalue weighted by molar-refractivity contribution is 7.93. The molecule has 0 fully saturated rings. The van der Waals surface area contributed by atoms with Crippen LogP contribution in [0.3, 0.4) is 0 Å².